The molecule has 1 aromatic carbocycles. The molecular formula is C19H31ClN2O3S. The average molecular weight is 403 g/mol. The zero-order chi connectivity index (χ0) is 20.3. The van der Waals surface area contributed by atoms with Crippen LogP contribution in [0.1, 0.15) is 65.2 Å². The molecule has 0 heterocycles. The molecule has 1 aromatic rings. The fourth-order valence-corrected chi connectivity index (χ4v) is 4.98. The molecule has 1 amide bonds. The second-order valence-corrected chi connectivity index (χ2v) is 10.7. The quantitative estimate of drug-likeness (QED) is 0.738. The predicted molar refractivity (Wildman–Crippen MR) is 107 cm³/mol. The summed E-state index contributed by atoms with van der Waals surface area (Å²) < 4.78 is 26.8. The van der Waals surface area contributed by atoms with Crippen molar-refractivity contribution in [3.63, 3.8) is 0 Å². The predicted octanol–water partition coefficient (Wildman–Crippen LogP) is 4.32. The number of benzene rings is 1. The molecule has 7 heteroatoms. The maximum atomic E-state index is 12.8. The van der Waals surface area contributed by atoms with Crippen LogP contribution in [0, 0.1) is 5.41 Å². The summed E-state index contributed by atoms with van der Waals surface area (Å²) >= 11 is 6.18. The molecule has 5 nitrogen and oxygen atoms in total. The number of rotatable bonds is 7. The van der Waals surface area contributed by atoms with Crippen molar-refractivity contribution in [2.24, 2.45) is 5.41 Å². The Labute approximate surface area is 163 Å². The molecule has 148 valence electrons. The van der Waals surface area contributed by atoms with E-state index in [1.807, 2.05) is 13.8 Å². The maximum absolute atomic E-state index is 12.8. The van der Waals surface area contributed by atoms with Crippen LogP contribution in [0.3, 0.4) is 0 Å². The van der Waals surface area contributed by atoms with Crippen LogP contribution < -0.4 is 5.32 Å². The number of hydrogen-bond acceptors (Lipinski definition) is 3. The Morgan fingerprint density at radius 2 is 1.65 bits per heavy atom. The lowest BCUT2D eigenvalue weighted by molar-refractivity contribution is 0.0891. The average Bonchev–Trinajstić information content (AvgIpc) is 2.45. The zero-order valence-electron chi connectivity index (χ0n) is 16.8. The van der Waals surface area contributed by atoms with Crippen molar-refractivity contribution >= 4 is 27.5 Å². The first-order valence-electron chi connectivity index (χ1n) is 8.85. The van der Waals surface area contributed by atoms with E-state index >= 15 is 0 Å². The Balaban J connectivity index is 3.20. The van der Waals surface area contributed by atoms with Gasteiger partial charge in [-0.1, -0.05) is 46.2 Å². The molecule has 0 aliphatic rings. The highest BCUT2D eigenvalue weighted by Crippen LogP contribution is 2.28. The van der Waals surface area contributed by atoms with Crippen LogP contribution in [-0.4, -0.2) is 37.3 Å². The molecule has 0 atom stereocenters. The number of nitrogens with one attached hydrogen (secondary N) is 1. The minimum absolute atomic E-state index is 0.0362. The molecule has 0 bridgehead atoms. The van der Waals surface area contributed by atoms with Gasteiger partial charge >= 0.3 is 0 Å². The van der Waals surface area contributed by atoms with Crippen LogP contribution in [-0.2, 0) is 10.0 Å². The molecule has 0 saturated heterocycles. The van der Waals surface area contributed by atoms with Gasteiger partial charge in [0, 0.05) is 18.6 Å². The molecular weight excluding hydrogens is 372 g/mol. The van der Waals surface area contributed by atoms with Crippen molar-refractivity contribution in [3.8, 4) is 0 Å². The number of hydrogen-bond donors (Lipinski definition) is 1. The molecule has 0 radical (unpaired) electrons. The second-order valence-electron chi connectivity index (χ2n) is 8.31. The van der Waals surface area contributed by atoms with Crippen molar-refractivity contribution in [2.75, 3.05) is 13.1 Å². The van der Waals surface area contributed by atoms with Gasteiger partial charge in [-0.25, -0.2) is 8.42 Å². The molecule has 0 aromatic heterocycles. The van der Waals surface area contributed by atoms with E-state index in [1.54, 1.807) is 13.8 Å². The summed E-state index contributed by atoms with van der Waals surface area (Å²) in [4.78, 5) is 12.8. The number of carbonyl (C=O) groups excluding carboxylic acids is 1. The van der Waals surface area contributed by atoms with Crippen molar-refractivity contribution in [1.82, 2.24) is 9.62 Å². The molecule has 0 spiro atoms. The van der Waals surface area contributed by atoms with Crippen LogP contribution in [0.2, 0.25) is 5.02 Å². The third kappa shape index (κ3) is 5.96. The van der Waals surface area contributed by atoms with Gasteiger partial charge in [0.15, 0.2) is 0 Å². The SMILES string of the molecule is CCN(CC)S(=O)(=O)c1ccc(Cl)c(C(=O)NC(C)(C)CC(C)(C)C)c1. The van der Waals surface area contributed by atoms with Crippen LogP contribution in [0.5, 0.6) is 0 Å². The summed E-state index contributed by atoms with van der Waals surface area (Å²) in [6, 6.07) is 4.26. The Morgan fingerprint density at radius 3 is 2.12 bits per heavy atom. The normalized spacial score (nSPS) is 13.1. The topological polar surface area (TPSA) is 66.5 Å². The van der Waals surface area contributed by atoms with E-state index in [1.165, 1.54) is 22.5 Å². The summed E-state index contributed by atoms with van der Waals surface area (Å²) in [7, 11) is -3.65. The lowest BCUT2D eigenvalue weighted by Crippen LogP contribution is -2.46. The van der Waals surface area contributed by atoms with E-state index in [0.29, 0.717) is 13.1 Å². The lowest BCUT2D eigenvalue weighted by Gasteiger charge is -2.33. The molecule has 0 unspecified atom stereocenters. The van der Waals surface area contributed by atoms with Crippen LogP contribution in [0.4, 0.5) is 0 Å². The third-order valence-electron chi connectivity index (χ3n) is 3.95. The smallest absolute Gasteiger partial charge is 0.253 e. The van der Waals surface area contributed by atoms with Crippen molar-refractivity contribution in [2.45, 2.75) is 65.3 Å². The second kappa shape index (κ2) is 8.28. The highest BCUT2D eigenvalue weighted by molar-refractivity contribution is 7.89. The molecule has 26 heavy (non-hydrogen) atoms. The summed E-state index contributed by atoms with van der Waals surface area (Å²) in [5.74, 6) is -0.374. The number of nitrogens with zero attached hydrogens (tertiary/aromatic N) is 1. The zero-order valence-corrected chi connectivity index (χ0v) is 18.4. The van der Waals surface area contributed by atoms with Gasteiger partial charge in [0.2, 0.25) is 10.0 Å². The number of amides is 1. The van der Waals surface area contributed by atoms with Gasteiger partial charge in [-0.15, -0.1) is 0 Å². The molecule has 0 aliphatic carbocycles. The van der Waals surface area contributed by atoms with Gasteiger partial charge in [-0.05, 0) is 43.9 Å². The van der Waals surface area contributed by atoms with Gasteiger partial charge in [0.05, 0.1) is 15.5 Å². The molecule has 1 rings (SSSR count). The standard InChI is InChI=1S/C19H31ClN2O3S/c1-8-22(9-2)26(24,25)14-10-11-16(20)15(12-14)17(23)21-19(6,7)13-18(3,4)5/h10-12H,8-9,13H2,1-7H3,(H,21,23). The van der Waals surface area contributed by atoms with Crippen molar-refractivity contribution in [3.05, 3.63) is 28.8 Å². The minimum Gasteiger partial charge on any atom is -0.347 e. The Hall–Kier alpha value is -1.11. The van der Waals surface area contributed by atoms with Gasteiger partial charge < -0.3 is 5.32 Å². The Kier molecular flexibility index (Phi) is 7.30. The Bertz CT molecular complexity index is 749. The highest BCUT2D eigenvalue weighted by Gasteiger charge is 2.29. The van der Waals surface area contributed by atoms with E-state index in [9.17, 15) is 13.2 Å². The van der Waals surface area contributed by atoms with Crippen molar-refractivity contribution < 1.29 is 13.2 Å². The first-order chi connectivity index (χ1) is 11.7. The van der Waals surface area contributed by atoms with Gasteiger partial charge in [-0.3, -0.25) is 4.79 Å². The van der Waals surface area contributed by atoms with Crippen LogP contribution >= 0.6 is 11.6 Å². The monoisotopic (exact) mass is 402 g/mol. The van der Waals surface area contributed by atoms with E-state index < -0.39 is 15.6 Å². The number of sulfonamides is 1. The van der Waals surface area contributed by atoms with E-state index in [4.69, 9.17) is 11.6 Å². The fourth-order valence-electron chi connectivity index (χ4n) is 3.30. The van der Waals surface area contributed by atoms with Gasteiger partial charge in [0.25, 0.3) is 5.91 Å². The maximum Gasteiger partial charge on any atom is 0.253 e. The molecule has 0 fully saturated rings. The third-order valence-corrected chi connectivity index (χ3v) is 6.33. The van der Waals surface area contributed by atoms with Crippen LogP contribution in [0.25, 0.3) is 0 Å². The van der Waals surface area contributed by atoms with Gasteiger partial charge in [0.1, 0.15) is 0 Å². The number of carbonyl (C=O) groups is 1. The number of halogens is 1. The highest BCUT2D eigenvalue weighted by atomic mass is 35.5. The summed E-state index contributed by atoms with van der Waals surface area (Å²) in [5, 5.41) is 3.20. The molecule has 0 saturated carbocycles. The van der Waals surface area contributed by atoms with E-state index in [0.717, 1.165) is 6.42 Å². The lowest BCUT2D eigenvalue weighted by atomic mass is 9.81. The molecule has 1 N–H and O–H groups in total. The summed E-state index contributed by atoms with van der Waals surface area (Å²) in [5.41, 5.74) is -0.247. The summed E-state index contributed by atoms with van der Waals surface area (Å²) in [6.45, 7) is 14.5. The molecule has 0 aliphatic heterocycles. The van der Waals surface area contributed by atoms with Gasteiger partial charge in [-0.2, -0.15) is 4.31 Å². The van der Waals surface area contributed by atoms with E-state index in [2.05, 4.69) is 26.1 Å². The largest absolute Gasteiger partial charge is 0.347 e. The van der Waals surface area contributed by atoms with Crippen molar-refractivity contribution in [1.29, 1.82) is 0 Å². The summed E-state index contributed by atoms with van der Waals surface area (Å²) in [6.07, 6.45) is 0.765. The fraction of sp³-hybridized carbons (Fsp3) is 0.632. The first kappa shape index (κ1) is 22.9. The van der Waals surface area contributed by atoms with Crippen LogP contribution in [0.15, 0.2) is 23.1 Å². The first-order valence-corrected chi connectivity index (χ1v) is 10.7. The van der Waals surface area contributed by atoms with E-state index in [-0.39, 0.29) is 26.8 Å². The Morgan fingerprint density at radius 1 is 1.12 bits per heavy atom. The minimum atomic E-state index is -3.65.